The van der Waals surface area contributed by atoms with Gasteiger partial charge in [0.15, 0.2) is 0 Å². The summed E-state index contributed by atoms with van der Waals surface area (Å²) in [5, 5.41) is 3.65. The molecule has 0 aliphatic carbocycles. The van der Waals surface area contributed by atoms with Crippen LogP contribution in [0.1, 0.15) is 29.5 Å². The molecule has 3 aromatic rings. The molecule has 0 saturated heterocycles. The van der Waals surface area contributed by atoms with Gasteiger partial charge in [-0.2, -0.15) is 0 Å². The molecule has 128 valence electrons. The van der Waals surface area contributed by atoms with Crippen LogP contribution in [0.15, 0.2) is 84.9 Å². The number of benzene rings is 3. The van der Waals surface area contributed by atoms with Crippen molar-refractivity contribution in [2.75, 3.05) is 6.54 Å². The highest BCUT2D eigenvalue weighted by atomic mass is 19.1. The van der Waals surface area contributed by atoms with Gasteiger partial charge < -0.3 is 5.32 Å². The predicted molar refractivity (Wildman–Crippen MR) is 102 cm³/mol. The quantitative estimate of drug-likeness (QED) is 0.628. The van der Waals surface area contributed by atoms with Crippen molar-refractivity contribution in [3.8, 4) is 0 Å². The van der Waals surface area contributed by atoms with E-state index in [0.717, 1.165) is 18.5 Å². The summed E-state index contributed by atoms with van der Waals surface area (Å²) in [7, 11) is 0. The van der Waals surface area contributed by atoms with E-state index in [1.807, 2.05) is 24.3 Å². The van der Waals surface area contributed by atoms with Gasteiger partial charge in [-0.3, -0.25) is 0 Å². The van der Waals surface area contributed by atoms with Crippen molar-refractivity contribution in [2.24, 2.45) is 0 Å². The Balaban J connectivity index is 1.71. The first-order chi connectivity index (χ1) is 12.2. The fourth-order valence-corrected chi connectivity index (χ4v) is 3.17. The van der Waals surface area contributed by atoms with Crippen LogP contribution in [0.4, 0.5) is 4.39 Å². The Morgan fingerprint density at radius 1 is 0.760 bits per heavy atom. The largest absolute Gasteiger partial charge is 0.313 e. The minimum absolute atomic E-state index is 0.194. The molecule has 0 heterocycles. The van der Waals surface area contributed by atoms with Crippen molar-refractivity contribution < 1.29 is 4.39 Å². The standard InChI is InChI=1S/C23H24FN/c1-18(16-19-8-4-2-5-9-19)25-17-23(20-10-6-3-7-11-20)21-12-14-22(24)15-13-21/h2-15,18,23,25H,16-17H2,1H3. The van der Waals surface area contributed by atoms with E-state index in [4.69, 9.17) is 0 Å². The fraction of sp³-hybridized carbons (Fsp3) is 0.217. The van der Waals surface area contributed by atoms with E-state index < -0.39 is 0 Å². The van der Waals surface area contributed by atoms with Gasteiger partial charge in [0.2, 0.25) is 0 Å². The molecule has 2 heteroatoms. The number of halogens is 1. The molecule has 1 nitrogen and oxygen atoms in total. The second-order valence-electron chi connectivity index (χ2n) is 6.51. The molecule has 3 aromatic carbocycles. The summed E-state index contributed by atoms with van der Waals surface area (Å²) in [6, 6.07) is 28.1. The third-order valence-corrected chi connectivity index (χ3v) is 4.53. The molecule has 0 aliphatic heterocycles. The molecule has 2 unspecified atom stereocenters. The molecule has 0 aromatic heterocycles. The summed E-state index contributed by atoms with van der Waals surface area (Å²) in [5.41, 5.74) is 3.71. The Morgan fingerprint density at radius 3 is 1.96 bits per heavy atom. The predicted octanol–water partition coefficient (Wildman–Crippen LogP) is 5.18. The molecule has 25 heavy (non-hydrogen) atoms. The lowest BCUT2D eigenvalue weighted by Crippen LogP contribution is -2.32. The maximum absolute atomic E-state index is 13.3. The van der Waals surface area contributed by atoms with Crippen LogP contribution >= 0.6 is 0 Å². The molecule has 0 spiro atoms. The summed E-state index contributed by atoms with van der Waals surface area (Å²) < 4.78 is 13.3. The molecular weight excluding hydrogens is 309 g/mol. The van der Waals surface area contributed by atoms with Crippen LogP contribution in [0.2, 0.25) is 0 Å². The summed E-state index contributed by atoms with van der Waals surface area (Å²) >= 11 is 0. The van der Waals surface area contributed by atoms with Crippen LogP contribution in [0.5, 0.6) is 0 Å². The van der Waals surface area contributed by atoms with Gasteiger partial charge in [-0.1, -0.05) is 72.8 Å². The number of hydrogen-bond donors (Lipinski definition) is 1. The lowest BCUT2D eigenvalue weighted by atomic mass is 9.91. The Hall–Kier alpha value is -2.45. The molecule has 0 saturated carbocycles. The molecular formula is C23H24FN. The maximum atomic E-state index is 13.3. The van der Waals surface area contributed by atoms with E-state index in [1.54, 1.807) is 12.1 Å². The fourth-order valence-electron chi connectivity index (χ4n) is 3.17. The summed E-state index contributed by atoms with van der Waals surface area (Å²) in [6.07, 6.45) is 0.992. The highest BCUT2D eigenvalue weighted by molar-refractivity contribution is 5.33. The monoisotopic (exact) mass is 333 g/mol. The lowest BCUT2D eigenvalue weighted by Gasteiger charge is -2.22. The third-order valence-electron chi connectivity index (χ3n) is 4.53. The van der Waals surface area contributed by atoms with Gasteiger partial charge in [0, 0.05) is 18.5 Å². The number of rotatable bonds is 7. The second-order valence-corrected chi connectivity index (χ2v) is 6.51. The summed E-state index contributed by atoms with van der Waals surface area (Å²) in [5.74, 6) is 0.0148. The minimum Gasteiger partial charge on any atom is -0.313 e. The third kappa shape index (κ3) is 5.01. The lowest BCUT2D eigenvalue weighted by molar-refractivity contribution is 0.526. The zero-order valence-corrected chi connectivity index (χ0v) is 14.5. The Morgan fingerprint density at radius 2 is 1.32 bits per heavy atom. The van der Waals surface area contributed by atoms with Crippen molar-refractivity contribution in [1.29, 1.82) is 0 Å². The first-order valence-corrected chi connectivity index (χ1v) is 8.80. The maximum Gasteiger partial charge on any atom is 0.123 e. The van der Waals surface area contributed by atoms with Gasteiger partial charge in [0.05, 0.1) is 0 Å². The van der Waals surface area contributed by atoms with Crippen molar-refractivity contribution in [1.82, 2.24) is 5.32 Å². The van der Waals surface area contributed by atoms with Gasteiger partial charge >= 0.3 is 0 Å². The van der Waals surface area contributed by atoms with E-state index in [1.165, 1.54) is 11.1 Å². The zero-order chi connectivity index (χ0) is 17.5. The average molecular weight is 333 g/mol. The topological polar surface area (TPSA) is 12.0 Å². The first-order valence-electron chi connectivity index (χ1n) is 8.80. The Labute approximate surface area is 149 Å². The van der Waals surface area contributed by atoms with Crippen LogP contribution < -0.4 is 5.32 Å². The molecule has 0 amide bonds. The SMILES string of the molecule is CC(Cc1ccccc1)NCC(c1ccccc1)c1ccc(F)cc1. The molecule has 0 bridgehead atoms. The van der Waals surface area contributed by atoms with Gasteiger partial charge in [-0.15, -0.1) is 0 Å². The highest BCUT2D eigenvalue weighted by Gasteiger charge is 2.15. The molecule has 0 fully saturated rings. The number of nitrogens with one attached hydrogen (secondary N) is 1. The van der Waals surface area contributed by atoms with E-state index in [-0.39, 0.29) is 11.7 Å². The summed E-state index contributed by atoms with van der Waals surface area (Å²) in [6.45, 7) is 3.03. The van der Waals surface area contributed by atoms with Crippen LogP contribution in [0, 0.1) is 5.82 Å². The van der Waals surface area contributed by atoms with E-state index >= 15 is 0 Å². The smallest absolute Gasteiger partial charge is 0.123 e. The molecule has 1 N–H and O–H groups in total. The number of hydrogen-bond acceptors (Lipinski definition) is 1. The molecule has 0 radical (unpaired) electrons. The Bertz CT molecular complexity index is 753. The first kappa shape index (κ1) is 17.4. The van der Waals surface area contributed by atoms with Gasteiger partial charge in [0.25, 0.3) is 0 Å². The second kappa shape index (κ2) is 8.59. The van der Waals surface area contributed by atoms with Gasteiger partial charge in [-0.05, 0) is 42.2 Å². The molecule has 0 aliphatic rings. The van der Waals surface area contributed by atoms with Crippen LogP contribution in [0.3, 0.4) is 0 Å². The van der Waals surface area contributed by atoms with E-state index in [9.17, 15) is 4.39 Å². The van der Waals surface area contributed by atoms with Gasteiger partial charge in [0.1, 0.15) is 5.82 Å². The van der Waals surface area contributed by atoms with Crippen LogP contribution in [0.25, 0.3) is 0 Å². The Kier molecular flexibility index (Phi) is 5.97. The minimum atomic E-state index is -0.194. The van der Waals surface area contributed by atoms with Crippen LogP contribution in [-0.2, 0) is 6.42 Å². The van der Waals surface area contributed by atoms with Crippen LogP contribution in [-0.4, -0.2) is 12.6 Å². The normalized spacial score (nSPS) is 13.4. The van der Waals surface area contributed by atoms with Gasteiger partial charge in [-0.25, -0.2) is 4.39 Å². The van der Waals surface area contributed by atoms with Crippen molar-refractivity contribution in [3.63, 3.8) is 0 Å². The van der Waals surface area contributed by atoms with Crippen molar-refractivity contribution in [3.05, 3.63) is 107 Å². The van der Waals surface area contributed by atoms with E-state index in [0.29, 0.717) is 6.04 Å². The van der Waals surface area contributed by atoms with E-state index in [2.05, 4.69) is 60.8 Å². The average Bonchev–Trinajstić information content (AvgIpc) is 2.65. The van der Waals surface area contributed by atoms with Crippen molar-refractivity contribution >= 4 is 0 Å². The molecule has 3 rings (SSSR count). The summed E-state index contributed by atoms with van der Waals surface area (Å²) in [4.78, 5) is 0. The van der Waals surface area contributed by atoms with Crippen molar-refractivity contribution in [2.45, 2.75) is 25.3 Å². The zero-order valence-electron chi connectivity index (χ0n) is 14.5. The highest BCUT2D eigenvalue weighted by Crippen LogP contribution is 2.24. The molecule has 2 atom stereocenters.